The van der Waals surface area contributed by atoms with Gasteiger partial charge in [-0.1, -0.05) is 19.1 Å². The Kier molecular flexibility index (Phi) is 6.04. The molecule has 0 radical (unpaired) electrons. The van der Waals surface area contributed by atoms with Crippen molar-refractivity contribution in [2.75, 3.05) is 20.2 Å². The zero-order valence-corrected chi connectivity index (χ0v) is 10.7. The van der Waals surface area contributed by atoms with E-state index < -0.39 is 0 Å². The van der Waals surface area contributed by atoms with Gasteiger partial charge in [0.15, 0.2) is 0 Å². The topological polar surface area (TPSA) is 21.3 Å². The van der Waals surface area contributed by atoms with E-state index in [1.165, 1.54) is 4.90 Å². The van der Waals surface area contributed by atoms with Crippen molar-refractivity contribution < 1.29 is 4.74 Å². The van der Waals surface area contributed by atoms with Crippen molar-refractivity contribution in [3.05, 3.63) is 36.9 Å². The molecule has 0 aliphatic rings. The van der Waals surface area contributed by atoms with Gasteiger partial charge in [0.2, 0.25) is 0 Å². The minimum Gasteiger partial charge on any atom is -0.497 e. The number of rotatable bonds is 7. The van der Waals surface area contributed by atoms with E-state index in [4.69, 9.17) is 4.74 Å². The van der Waals surface area contributed by atoms with Gasteiger partial charge in [0.1, 0.15) is 5.75 Å². The van der Waals surface area contributed by atoms with Gasteiger partial charge in [-0.2, -0.15) is 0 Å². The van der Waals surface area contributed by atoms with Crippen LogP contribution in [0.5, 0.6) is 5.75 Å². The first-order chi connectivity index (χ1) is 7.76. The van der Waals surface area contributed by atoms with E-state index in [0.717, 1.165) is 18.8 Å². The molecular weight excluding hydrogens is 218 g/mol. The van der Waals surface area contributed by atoms with Gasteiger partial charge in [-0.05, 0) is 18.2 Å². The normalized spacial score (nSPS) is 12.1. The van der Waals surface area contributed by atoms with E-state index in [9.17, 15) is 0 Å². The highest BCUT2D eigenvalue weighted by molar-refractivity contribution is 8.00. The summed E-state index contributed by atoms with van der Waals surface area (Å²) in [6.45, 7) is 7.73. The summed E-state index contributed by atoms with van der Waals surface area (Å²) in [6, 6.07) is 8.15. The highest BCUT2D eigenvalue weighted by Gasteiger charge is 2.04. The summed E-state index contributed by atoms with van der Waals surface area (Å²) < 4.78 is 5.19. The first-order valence-electron chi connectivity index (χ1n) is 5.38. The molecule has 0 aliphatic carbocycles. The second kappa shape index (κ2) is 7.36. The number of hydrogen-bond acceptors (Lipinski definition) is 3. The predicted octanol–water partition coefficient (Wildman–Crippen LogP) is 2.95. The van der Waals surface area contributed by atoms with Gasteiger partial charge < -0.3 is 10.1 Å². The summed E-state index contributed by atoms with van der Waals surface area (Å²) in [5.41, 5.74) is 0. The van der Waals surface area contributed by atoms with Crippen LogP contribution in [-0.4, -0.2) is 25.4 Å². The van der Waals surface area contributed by atoms with Gasteiger partial charge in [-0.25, -0.2) is 0 Å². The van der Waals surface area contributed by atoms with Crippen LogP contribution >= 0.6 is 11.8 Å². The molecule has 0 aliphatic heterocycles. The molecule has 0 aromatic heterocycles. The second-order valence-electron chi connectivity index (χ2n) is 3.55. The molecule has 1 N–H and O–H groups in total. The van der Waals surface area contributed by atoms with Crippen molar-refractivity contribution in [3.8, 4) is 5.75 Å². The van der Waals surface area contributed by atoms with Crippen molar-refractivity contribution in [2.24, 2.45) is 0 Å². The number of thioether (sulfide) groups is 1. The third-order valence-corrected chi connectivity index (χ3v) is 3.19. The summed E-state index contributed by atoms with van der Waals surface area (Å²) in [5, 5.41) is 3.85. The lowest BCUT2D eigenvalue weighted by atomic mass is 10.3. The molecule has 88 valence electrons. The fraction of sp³-hybridized carbons (Fsp3) is 0.385. The zero-order chi connectivity index (χ0) is 11.8. The van der Waals surface area contributed by atoms with E-state index in [1.807, 2.05) is 30.0 Å². The number of ether oxygens (including phenoxy) is 1. The van der Waals surface area contributed by atoms with Gasteiger partial charge >= 0.3 is 0 Å². The first kappa shape index (κ1) is 13.1. The molecule has 1 unspecified atom stereocenters. The van der Waals surface area contributed by atoms with Gasteiger partial charge in [0, 0.05) is 23.2 Å². The largest absolute Gasteiger partial charge is 0.497 e. The molecule has 0 heterocycles. The van der Waals surface area contributed by atoms with Crippen molar-refractivity contribution in [3.63, 3.8) is 0 Å². The Balaban J connectivity index is 2.42. The van der Waals surface area contributed by atoms with Gasteiger partial charge in [0.05, 0.1) is 7.11 Å². The third kappa shape index (κ3) is 4.73. The average molecular weight is 237 g/mol. The lowest BCUT2D eigenvalue weighted by Gasteiger charge is -2.12. The van der Waals surface area contributed by atoms with Crippen molar-refractivity contribution in [2.45, 2.75) is 17.1 Å². The van der Waals surface area contributed by atoms with E-state index >= 15 is 0 Å². The Morgan fingerprint density at radius 1 is 1.56 bits per heavy atom. The summed E-state index contributed by atoms with van der Waals surface area (Å²) in [7, 11) is 1.69. The van der Waals surface area contributed by atoms with Gasteiger partial charge in [-0.15, -0.1) is 18.3 Å². The SMILES string of the molecule is C=CCNCC(C)Sc1cccc(OC)c1. The summed E-state index contributed by atoms with van der Waals surface area (Å²) in [5.74, 6) is 0.913. The van der Waals surface area contributed by atoms with Crippen molar-refractivity contribution >= 4 is 11.8 Å². The van der Waals surface area contributed by atoms with Crippen LogP contribution in [0.25, 0.3) is 0 Å². The maximum atomic E-state index is 5.19. The Bertz CT molecular complexity index is 327. The molecule has 2 nitrogen and oxygen atoms in total. The Morgan fingerprint density at radius 2 is 2.38 bits per heavy atom. The maximum Gasteiger partial charge on any atom is 0.119 e. The molecule has 1 atom stereocenters. The number of benzene rings is 1. The highest BCUT2D eigenvalue weighted by Crippen LogP contribution is 2.26. The number of hydrogen-bond donors (Lipinski definition) is 1. The minimum atomic E-state index is 0.534. The highest BCUT2D eigenvalue weighted by atomic mass is 32.2. The lowest BCUT2D eigenvalue weighted by molar-refractivity contribution is 0.413. The van der Waals surface area contributed by atoms with E-state index in [2.05, 4.69) is 31.0 Å². The zero-order valence-electron chi connectivity index (χ0n) is 9.90. The molecule has 3 heteroatoms. The second-order valence-corrected chi connectivity index (χ2v) is 5.07. The van der Waals surface area contributed by atoms with Crippen LogP contribution in [0.4, 0.5) is 0 Å². The fourth-order valence-electron chi connectivity index (χ4n) is 1.34. The molecular formula is C13H19NOS. The average Bonchev–Trinajstić information content (AvgIpc) is 2.29. The van der Waals surface area contributed by atoms with Gasteiger partial charge in [-0.3, -0.25) is 0 Å². The monoisotopic (exact) mass is 237 g/mol. The molecule has 0 fully saturated rings. The number of nitrogens with one attached hydrogen (secondary N) is 1. The summed E-state index contributed by atoms with van der Waals surface area (Å²) >= 11 is 1.85. The first-order valence-corrected chi connectivity index (χ1v) is 6.26. The van der Waals surface area contributed by atoms with Crippen molar-refractivity contribution in [1.29, 1.82) is 0 Å². The molecule has 0 saturated heterocycles. The molecule has 1 aromatic rings. The van der Waals surface area contributed by atoms with E-state index in [-0.39, 0.29) is 0 Å². The molecule has 1 aromatic carbocycles. The number of methoxy groups -OCH3 is 1. The summed E-state index contributed by atoms with van der Waals surface area (Å²) in [4.78, 5) is 1.24. The maximum absolute atomic E-state index is 5.19. The standard InChI is InChI=1S/C13H19NOS/c1-4-8-14-10-11(2)16-13-7-5-6-12(9-13)15-3/h4-7,9,11,14H,1,8,10H2,2-3H3. The van der Waals surface area contributed by atoms with Crippen LogP contribution in [-0.2, 0) is 0 Å². The molecule has 0 saturated carbocycles. The van der Waals surface area contributed by atoms with Crippen LogP contribution in [0.2, 0.25) is 0 Å². The van der Waals surface area contributed by atoms with Crippen LogP contribution in [0.1, 0.15) is 6.92 Å². The smallest absolute Gasteiger partial charge is 0.119 e. The molecule has 1 rings (SSSR count). The third-order valence-electron chi connectivity index (χ3n) is 2.10. The van der Waals surface area contributed by atoms with E-state index in [0.29, 0.717) is 5.25 Å². The van der Waals surface area contributed by atoms with Crippen molar-refractivity contribution in [1.82, 2.24) is 5.32 Å². The van der Waals surface area contributed by atoms with Crippen LogP contribution in [0.3, 0.4) is 0 Å². The molecule has 0 amide bonds. The quantitative estimate of drug-likeness (QED) is 0.447. The minimum absolute atomic E-state index is 0.534. The summed E-state index contributed by atoms with van der Waals surface area (Å²) in [6.07, 6.45) is 1.88. The molecule has 0 spiro atoms. The molecule has 0 bridgehead atoms. The lowest BCUT2D eigenvalue weighted by Crippen LogP contribution is -2.22. The van der Waals surface area contributed by atoms with Crippen LogP contribution < -0.4 is 10.1 Å². The molecule has 16 heavy (non-hydrogen) atoms. The Morgan fingerprint density at radius 3 is 3.06 bits per heavy atom. The fourth-order valence-corrected chi connectivity index (χ4v) is 2.34. The predicted molar refractivity (Wildman–Crippen MR) is 71.4 cm³/mol. The Hall–Kier alpha value is -0.930. The van der Waals surface area contributed by atoms with E-state index in [1.54, 1.807) is 7.11 Å². The van der Waals surface area contributed by atoms with Crippen LogP contribution in [0.15, 0.2) is 41.8 Å². The van der Waals surface area contributed by atoms with Gasteiger partial charge in [0.25, 0.3) is 0 Å². The Labute approximate surface area is 102 Å². The van der Waals surface area contributed by atoms with Crippen LogP contribution in [0, 0.1) is 0 Å².